The third-order valence-corrected chi connectivity index (χ3v) is 4.34. The summed E-state index contributed by atoms with van der Waals surface area (Å²) in [6.45, 7) is 0.111. The Balaban J connectivity index is 1.68. The molecule has 0 aliphatic carbocycles. The summed E-state index contributed by atoms with van der Waals surface area (Å²) >= 11 is 0. The number of hydrogen-bond donors (Lipinski definition) is 1. The lowest BCUT2D eigenvalue weighted by atomic mass is 10.1. The Morgan fingerprint density at radius 2 is 1.89 bits per heavy atom. The molecule has 142 valence electrons. The molecular weight excluding hydrogens is 361 g/mol. The smallest absolute Gasteiger partial charge is 0.416 e. The van der Waals surface area contributed by atoms with E-state index in [0.717, 1.165) is 12.1 Å². The van der Waals surface area contributed by atoms with Gasteiger partial charge in [0.2, 0.25) is 11.8 Å². The first-order chi connectivity index (χ1) is 12.8. The van der Waals surface area contributed by atoms with Gasteiger partial charge in [-0.3, -0.25) is 9.59 Å². The predicted molar refractivity (Wildman–Crippen MR) is 93.5 cm³/mol. The monoisotopic (exact) mass is 378 g/mol. The predicted octanol–water partition coefficient (Wildman–Crippen LogP) is 3.71. The molecule has 1 unspecified atom stereocenters. The van der Waals surface area contributed by atoms with Crippen LogP contribution < -0.4 is 15.0 Å². The fraction of sp³-hybridized carbons (Fsp3) is 0.263. The number of amides is 2. The molecule has 5 nitrogen and oxygen atoms in total. The molecule has 1 heterocycles. The molecule has 0 aromatic heterocycles. The van der Waals surface area contributed by atoms with Gasteiger partial charge in [-0.2, -0.15) is 13.2 Å². The van der Waals surface area contributed by atoms with Crippen LogP contribution in [0, 0.1) is 5.92 Å². The van der Waals surface area contributed by atoms with E-state index in [9.17, 15) is 22.8 Å². The zero-order valence-electron chi connectivity index (χ0n) is 14.4. The van der Waals surface area contributed by atoms with Crippen LogP contribution in [0.25, 0.3) is 0 Å². The van der Waals surface area contributed by atoms with Crippen LogP contribution >= 0.6 is 0 Å². The van der Waals surface area contributed by atoms with E-state index in [0.29, 0.717) is 17.1 Å². The van der Waals surface area contributed by atoms with Crippen molar-refractivity contribution in [2.75, 3.05) is 23.9 Å². The zero-order valence-corrected chi connectivity index (χ0v) is 14.4. The quantitative estimate of drug-likeness (QED) is 0.883. The van der Waals surface area contributed by atoms with Gasteiger partial charge in [-0.05, 0) is 36.4 Å². The van der Waals surface area contributed by atoms with Crippen LogP contribution in [0.3, 0.4) is 0 Å². The largest absolute Gasteiger partial charge is 0.497 e. The van der Waals surface area contributed by atoms with Crippen LogP contribution in [0.15, 0.2) is 48.5 Å². The Kier molecular flexibility index (Phi) is 5.07. The number of methoxy groups -OCH3 is 1. The van der Waals surface area contributed by atoms with Crippen molar-refractivity contribution in [2.45, 2.75) is 12.6 Å². The second-order valence-corrected chi connectivity index (χ2v) is 6.17. The second kappa shape index (κ2) is 7.30. The van der Waals surface area contributed by atoms with Crippen LogP contribution in [0.4, 0.5) is 24.5 Å². The highest BCUT2D eigenvalue weighted by atomic mass is 19.4. The number of alkyl halides is 3. The molecule has 27 heavy (non-hydrogen) atoms. The Hall–Kier alpha value is -3.03. The molecule has 0 spiro atoms. The maximum Gasteiger partial charge on any atom is 0.416 e. The fourth-order valence-electron chi connectivity index (χ4n) is 2.91. The Labute approximate surface area is 153 Å². The molecule has 2 aromatic rings. The van der Waals surface area contributed by atoms with Gasteiger partial charge in [-0.15, -0.1) is 0 Å². The minimum Gasteiger partial charge on any atom is -0.497 e. The standard InChI is InChI=1S/C19H17F3N2O3/c1-27-16-4-2-3-14(10-16)23-18(26)12-9-17(25)24(11-12)15-7-5-13(6-8-15)19(20,21)22/h2-8,10,12H,9,11H2,1H3,(H,23,26). The molecule has 3 rings (SSSR count). The van der Waals surface area contributed by atoms with Crippen LogP contribution in [-0.4, -0.2) is 25.5 Å². The number of rotatable bonds is 4. The molecule has 1 saturated heterocycles. The Morgan fingerprint density at radius 1 is 1.19 bits per heavy atom. The van der Waals surface area contributed by atoms with Crippen molar-refractivity contribution in [3.63, 3.8) is 0 Å². The number of carbonyl (C=O) groups excluding carboxylic acids is 2. The van der Waals surface area contributed by atoms with Crippen LogP contribution in [-0.2, 0) is 15.8 Å². The molecular formula is C19H17F3N2O3. The lowest BCUT2D eigenvalue weighted by Gasteiger charge is -2.17. The van der Waals surface area contributed by atoms with E-state index in [4.69, 9.17) is 4.74 Å². The summed E-state index contributed by atoms with van der Waals surface area (Å²) in [6.07, 6.45) is -4.44. The van der Waals surface area contributed by atoms with Crippen molar-refractivity contribution in [1.29, 1.82) is 0 Å². The first kappa shape index (κ1) is 18.8. The van der Waals surface area contributed by atoms with Gasteiger partial charge >= 0.3 is 6.18 Å². The number of nitrogens with one attached hydrogen (secondary N) is 1. The van der Waals surface area contributed by atoms with Gasteiger partial charge in [0.05, 0.1) is 18.6 Å². The normalized spacial score (nSPS) is 17.1. The maximum atomic E-state index is 12.7. The van der Waals surface area contributed by atoms with Gasteiger partial charge in [0.15, 0.2) is 0 Å². The van der Waals surface area contributed by atoms with E-state index in [1.807, 2.05) is 0 Å². The molecule has 1 atom stereocenters. The third-order valence-electron chi connectivity index (χ3n) is 4.34. The Bertz CT molecular complexity index is 850. The number of benzene rings is 2. The highest BCUT2D eigenvalue weighted by Crippen LogP contribution is 2.32. The summed E-state index contributed by atoms with van der Waals surface area (Å²) in [5.74, 6) is -0.640. The number of ether oxygens (including phenoxy) is 1. The zero-order chi connectivity index (χ0) is 19.6. The topological polar surface area (TPSA) is 58.6 Å². The van der Waals surface area contributed by atoms with E-state index in [-0.39, 0.29) is 24.8 Å². The summed E-state index contributed by atoms with van der Waals surface area (Å²) in [6, 6.07) is 11.1. The van der Waals surface area contributed by atoms with Crippen molar-refractivity contribution in [2.24, 2.45) is 5.92 Å². The van der Waals surface area contributed by atoms with Gasteiger partial charge in [-0.25, -0.2) is 0 Å². The van der Waals surface area contributed by atoms with E-state index < -0.39 is 17.7 Å². The number of halogens is 3. The molecule has 1 aliphatic heterocycles. The first-order valence-corrected chi connectivity index (χ1v) is 8.20. The molecule has 8 heteroatoms. The number of nitrogens with zero attached hydrogens (tertiary/aromatic N) is 1. The van der Waals surface area contributed by atoms with Crippen molar-refractivity contribution in [1.82, 2.24) is 0 Å². The third kappa shape index (κ3) is 4.21. The van der Waals surface area contributed by atoms with E-state index in [2.05, 4.69) is 5.32 Å². The van der Waals surface area contributed by atoms with Crippen LogP contribution in [0.5, 0.6) is 5.75 Å². The van der Waals surface area contributed by atoms with E-state index >= 15 is 0 Å². The lowest BCUT2D eigenvalue weighted by Crippen LogP contribution is -2.28. The highest BCUT2D eigenvalue weighted by molar-refractivity contribution is 6.03. The summed E-state index contributed by atoms with van der Waals surface area (Å²) in [7, 11) is 1.51. The summed E-state index contributed by atoms with van der Waals surface area (Å²) in [4.78, 5) is 26.0. The highest BCUT2D eigenvalue weighted by Gasteiger charge is 2.36. The molecule has 0 radical (unpaired) electrons. The molecule has 0 saturated carbocycles. The number of hydrogen-bond acceptors (Lipinski definition) is 3. The van der Waals surface area contributed by atoms with Crippen molar-refractivity contribution >= 4 is 23.2 Å². The van der Waals surface area contributed by atoms with Gasteiger partial charge in [0.1, 0.15) is 5.75 Å². The van der Waals surface area contributed by atoms with Crippen LogP contribution in [0.2, 0.25) is 0 Å². The molecule has 1 N–H and O–H groups in total. The Morgan fingerprint density at radius 3 is 2.52 bits per heavy atom. The van der Waals surface area contributed by atoms with Crippen LogP contribution in [0.1, 0.15) is 12.0 Å². The maximum absolute atomic E-state index is 12.7. The average molecular weight is 378 g/mol. The summed E-state index contributed by atoms with van der Waals surface area (Å²) < 4.78 is 43.1. The van der Waals surface area contributed by atoms with Crippen molar-refractivity contribution in [3.8, 4) is 5.75 Å². The van der Waals surface area contributed by atoms with Crippen molar-refractivity contribution < 1.29 is 27.5 Å². The van der Waals surface area contributed by atoms with Gasteiger partial charge in [0, 0.05) is 30.4 Å². The minimum atomic E-state index is -4.44. The molecule has 0 bridgehead atoms. The summed E-state index contributed by atoms with van der Waals surface area (Å²) in [5, 5.41) is 2.73. The number of carbonyl (C=O) groups is 2. The van der Waals surface area contributed by atoms with Gasteiger partial charge in [0.25, 0.3) is 0 Å². The summed E-state index contributed by atoms with van der Waals surface area (Å²) in [5.41, 5.74) is 0.0923. The average Bonchev–Trinajstić information content (AvgIpc) is 3.03. The fourth-order valence-corrected chi connectivity index (χ4v) is 2.91. The first-order valence-electron chi connectivity index (χ1n) is 8.20. The van der Waals surface area contributed by atoms with E-state index in [1.165, 1.54) is 24.1 Å². The van der Waals surface area contributed by atoms with Gasteiger partial charge in [-0.1, -0.05) is 6.07 Å². The SMILES string of the molecule is COc1cccc(NC(=O)C2CC(=O)N(c3ccc(C(F)(F)F)cc3)C2)c1. The van der Waals surface area contributed by atoms with E-state index in [1.54, 1.807) is 24.3 Å². The molecule has 2 aromatic carbocycles. The number of anilines is 2. The minimum absolute atomic E-state index is 0.00315. The second-order valence-electron chi connectivity index (χ2n) is 6.17. The lowest BCUT2D eigenvalue weighted by molar-refractivity contribution is -0.137. The van der Waals surface area contributed by atoms with Crippen molar-refractivity contribution in [3.05, 3.63) is 54.1 Å². The van der Waals surface area contributed by atoms with Gasteiger partial charge < -0.3 is 15.0 Å². The molecule has 1 fully saturated rings. The molecule has 1 aliphatic rings. The molecule has 2 amide bonds.